The van der Waals surface area contributed by atoms with Crippen LogP contribution in [0.15, 0.2) is 48.5 Å². The lowest BCUT2D eigenvalue weighted by atomic mass is 10.3. The van der Waals surface area contributed by atoms with Crippen molar-refractivity contribution >= 4 is 11.6 Å². The van der Waals surface area contributed by atoms with Gasteiger partial charge in [-0.1, -0.05) is 12.1 Å². The van der Waals surface area contributed by atoms with E-state index in [1.807, 2.05) is 48.5 Å². The van der Waals surface area contributed by atoms with Crippen LogP contribution in [0.4, 0.5) is 5.69 Å². The van der Waals surface area contributed by atoms with E-state index in [4.69, 9.17) is 9.47 Å². The van der Waals surface area contributed by atoms with Crippen molar-refractivity contribution in [2.24, 2.45) is 5.92 Å². The first-order valence-corrected chi connectivity index (χ1v) is 8.16. The van der Waals surface area contributed by atoms with Crippen molar-refractivity contribution in [1.29, 1.82) is 0 Å². The van der Waals surface area contributed by atoms with Crippen molar-refractivity contribution < 1.29 is 14.3 Å². The van der Waals surface area contributed by atoms with Gasteiger partial charge in [0.05, 0.1) is 13.7 Å². The number of hydrogen-bond acceptors (Lipinski definition) is 4. The normalized spacial score (nSPS) is 13.4. The standard InChI is InChI=1S/C19H22N2O3/c1-23-17-4-2-3-5-18(17)24-16-10-8-15(9-11-16)21-19(22)13-20-12-14-6-7-14/h2-5,8-11,14,20H,6-7,12-13H2,1H3,(H,21,22). The molecule has 1 saturated carbocycles. The van der Waals surface area contributed by atoms with Gasteiger partial charge in [-0.3, -0.25) is 4.79 Å². The van der Waals surface area contributed by atoms with E-state index in [1.165, 1.54) is 12.8 Å². The molecule has 3 rings (SSSR count). The molecule has 2 aromatic carbocycles. The minimum absolute atomic E-state index is 0.0333. The summed E-state index contributed by atoms with van der Waals surface area (Å²) in [6.45, 7) is 1.27. The van der Waals surface area contributed by atoms with E-state index < -0.39 is 0 Å². The molecular weight excluding hydrogens is 304 g/mol. The smallest absolute Gasteiger partial charge is 0.238 e. The van der Waals surface area contributed by atoms with Crippen LogP contribution in [0.3, 0.4) is 0 Å². The zero-order chi connectivity index (χ0) is 16.8. The number of para-hydroxylation sites is 2. The first-order valence-electron chi connectivity index (χ1n) is 8.16. The summed E-state index contributed by atoms with van der Waals surface area (Å²) in [5.74, 6) is 2.75. The van der Waals surface area contributed by atoms with Gasteiger partial charge in [0, 0.05) is 5.69 Å². The largest absolute Gasteiger partial charge is 0.493 e. The second-order valence-corrected chi connectivity index (χ2v) is 5.90. The van der Waals surface area contributed by atoms with Crippen LogP contribution in [0.5, 0.6) is 17.2 Å². The van der Waals surface area contributed by atoms with E-state index in [9.17, 15) is 4.79 Å². The van der Waals surface area contributed by atoms with Crippen LogP contribution in [-0.4, -0.2) is 26.1 Å². The third-order valence-corrected chi connectivity index (χ3v) is 3.85. The molecule has 0 spiro atoms. The van der Waals surface area contributed by atoms with E-state index in [1.54, 1.807) is 7.11 Å². The first-order chi connectivity index (χ1) is 11.7. The second kappa shape index (κ2) is 7.84. The summed E-state index contributed by atoms with van der Waals surface area (Å²) in [7, 11) is 1.61. The molecule has 24 heavy (non-hydrogen) atoms. The van der Waals surface area contributed by atoms with E-state index in [2.05, 4.69) is 10.6 Å². The molecule has 126 valence electrons. The van der Waals surface area contributed by atoms with Gasteiger partial charge >= 0.3 is 0 Å². The maximum Gasteiger partial charge on any atom is 0.238 e. The fraction of sp³-hybridized carbons (Fsp3) is 0.316. The van der Waals surface area contributed by atoms with Gasteiger partial charge in [0.2, 0.25) is 5.91 Å². The van der Waals surface area contributed by atoms with Crippen molar-refractivity contribution in [1.82, 2.24) is 5.32 Å². The molecule has 0 atom stereocenters. The van der Waals surface area contributed by atoms with Gasteiger partial charge in [-0.15, -0.1) is 0 Å². The van der Waals surface area contributed by atoms with Gasteiger partial charge in [-0.05, 0) is 61.7 Å². The second-order valence-electron chi connectivity index (χ2n) is 5.90. The number of anilines is 1. The van der Waals surface area contributed by atoms with E-state index >= 15 is 0 Å². The topological polar surface area (TPSA) is 59.6 Å². The molecule has 5 nitrogen and oxygen atoms in total. The number of rotatable bonds is 8. The Morgan fingerprint density at radius 1 is 1.08 bits per heavy atom. The molecule has 0 saturated heterocycles. The van der Waals surface area contributed by atoms with Gasteiger partial charge < -0.3 is 20.1 Å². The predicted molar refractivity (Wildman–Crippen MR) is 93.7 cm³/mol. The molecule has 2 N–H and O–H groups in total. The Morgan fingerprint density at radius 2 is 1.79 bits per heavy atom. The minimum atomic E-state index is -0.0333. The number of amides is 1. The number of ether oxygens (including phenoxy) is 2. The quantitative estimate of drug-likeness (QED) is 0.780. The van der Waals surface area contributed by atoms with Crippen LogP contribution in [0.2, 0.25) is 0 Å². The van der Waals surface area contributed by atoms with Gasteiger partial charge in [0.1, 0.15) is 5.75 Å². The number of methoxy groups -OCH3 is 1. The van der Waals surface area contributed by atoms with Crippen LogP contribution in [0.1, 0.15) is 12.8 Å². The lowest BCUT2D eigenvalue weighted by Gasteiger charge is -2.11. The van der Waals surface area contributed by atoms with E-state index in [0.29, 0.717) is 23.8 Å². The number of nitrogens with one attached hydrogen (secondary N) is 2. The Labute approximate surface area is 142 Å². The van der Waals surface area contributed by atoms with Gasteiger partial charge in [-0.25, -0.2) is 0 Å². The molecule has 5 heteroatoms. The lowest BCUT2D eigenvalue weighted by molar-refractivity contribution is -0.115. The highest BCUT2D eigenvalue weighted by Gasteiger charge is 2.20. The highest BCUT2D eigenvalue weighted by molar-refractivity contribution is 5.92. The van der Waals surface area contributed by atoms with Crippen LogP contribution >= 0.6 is 0 Å². The number of hydrogen-bond donors (Lipinski definition) is 2. The fourth-order valence-electron chi connectivity index (χ4n) is 2.35. The Balaban J connectivity index is 1.51. The molecule has 1 aliphatic carbocycles. The molecule has 0 heterocycles. The van der Waals surface area contributed by atoms with Crippen molar-refractivity contribution in [2.75, 3.05) is 25.5 Å². The average molecular weight is 326 g/mol. The molecule has 1 aliphatic rings. The predicted octanol–water partition coefficient (Wildman–Crippen LogP) is 3.43. The fourth-order valence-corrected chi connectivity index (χ4v) is 2.35. The SMILES string of the molecule is COc1ccccc1Oc1ccc(NC(=O)CNCC2CC2)cc1. The molecule has 0 aromatic heterocycles. The van der Waals surface area contributed by atoms with Crippen LogP contribution in [-0.2, 0) is 4.79 Å². The molecule has 0 radical (unpaired) electrons. The van der Waals surface area contributed by atoms with E-state index in [-0.39, 0.29) is 5.91 Å². The highest BCUT2D eigenvalue weighted by Crippen LogP contribution is 2.31. The first kappa shape index (κ1) is 16.3. The Morgan fingerprint density at radius 3 is 2.46 bits per heavy atom. The third kappa shape index (κ3) is 4.73. The maximum atomic E-state index is 11.9. The van der Waals surface area contributed by atoms with Gasteiger partial charge in [0.15, 0.2) is 11.5 Å². The minimum Gasteiger partial charge on any atom is -0.493 e. The summed E-state index contributed by atoms with van der Waals surface area (Å²) in [4.78, 5) is 11.9. The molecule has 2 aromatic rings. The van der Waals surface area contributed by atoms with Crippen molar-refractivity contribution in [2.45, 2.75) is 12.8 Å². The maximum absolute atomic E-state index is 11.9. The summed E-state index contributed by atoms with van der Waals surface area (Å²) in [5, 5.41) is 6.04. The summed E-state index contributed by atoms with van der Waals surface area (Å²) < 4.78 is 11.1. The Hall–Kier alpha value is -2.53. The highest BCUT2D eigenvalue weighted by atomic mass is 16.5. The van der Waals surface area contributed by atoms with Crippen molar-refractivity contribution in [3.05, 3.63) is 48.5 Å². The molecule has 1 fully saturated rings. The van der Waals surface area contributed by atoms with Crippen molar-refractivity contribution in [3.63, 3.8) is 0 Å². The van der Waals surface area contributed by atoms with Crippen LogP contribution < -0.4 is 20.1 Å². The number of carbonyl (C=O) groups excluding carboxylic acids is 1. The summed E-state index contributed by atoms with van der Waals surface area (Å²) in [6, 6.07) is 14.8. The summed E-state index contributed by atoms with van der Waals surface area (Å²) >= 11 is 0. The van der Waals surface area contributed by atoms with Gasteiger partial charge in [-0.2, -0.15) is 0 Å². The monoisotopic (exact) mass is 326 g/mol. The molecule has 1 amide bonds. The number of benzene rings is 2. The molecular formula is C19H22N2O3. The molecule has 0 unspecified atom stereocenters. The Bertz CT molecular complexity index is 681. The molecule has 0 aliphatic heterocycles. The third-order valence-electron chi connectivity index (χ3n) is 3.85. The van der Waals surface area contributed by atoms with Gasteiger partial charge in [0.25, 0.3) is 0 Å². The summed E-state index contributed by atoms with van der Waals surface area (Å²) in [5.41, 5.74) is 0.751. The summed E-state index contributed by atoms with van der Waals surface area (Å²) in [6.07, 6.45) is 2.56. The lowest BCUT2D eigenvalue weighted by Crippen LogP contribution is -2.29. The number of carbonyl (C=O) groups is 1. The molecule has 0 bridgehead atoms. The Kier molecular flexibility index (Phi) is 5.33. The van der Waals surface area contributed by atoms with Crippen LogP contribution in [0, 0.1) is 5.92 Å². The van der Waals surface area contributed by atoms with E-state index in [0.717, 1.165) is 18.2 Å². The van der Waals surface area contributed by atoms with Crippen LogP contribution in [0.25, 0.3) is 0 Å². The van der Waals surface area contributed by atoms with Crippen molar-refractivity contribution in [3.8, 4) is 17.2 Å². The zero-order valence-electron chi connectivity index (χ0n) is 13.7. The average Bonchev–Trinajstić information content (AvgIpc) is 3.41. The zero-order valence-corrected chi connectivity index (χ0v) is 13.7.